The molecule has 0 aliphatic rings. The van der Waals surface area contributed by atoms with Gasteiger partial charge in [0, 0.05) is 22.1 Å². The summed E-state index contributed by atoms with van der Waals surface area (Å²) >= 11 is 5.82. The molecule has 0 atom stereocenters. The number of hydrogen-bond donors (Lipinski definition) is 2. The van der Waals surface area contributed by atoms with Crippen LogP contribution in [0.1, 0.15) is 5.56 Å². The number of benzene rings is 2. The van der Waals surface area contributed by atoms with Crippen molar-refractivity contribution in [3.63, 3.8) is 0 Å². The molecule has 0 heterocycles. The zero-order valence-corrected chi connectivity index (χ0v) is 9.75. The highest BCUT2D eigenvalue weighted by molar-refractivity contribution is 6.30. The van der Waals surface area contributed by atoms with Gasteiger partial charge in [-0.25, -0.2) is 0 Å². The minimum absolute atomic E-state index is 0.736. The van der Waals surface area contributed by atoms with Crippen molar-refractivity contribution in [1.29, 1.82) is 0 Å². The first-order valence-electron chi connectivity index (χ1n) is 5.04. The van der Waals surface area contributed by atoms with Crippen molar-refractivity contribution in [2.75, 3.05) is 11.1 Å². The van der Waals surface area contributed by atoms with Crippen molar-refractivity contribution in [3.05, 3.63) is 53.1 Å². The van der Waals surface area contributed by atoms with Crippen LogP contribution >= 0.6 is 11.6 Å². The molecule has 0 spiro atoms. The number of rotatable bonds is 2. The summed E-state index contributed by atoms with van der Waals surface area (Å²) in [7, 11) is 0. The van der Waals surface area contributed by atoms with Gasteiger partial charge in [0.2, 0.25) is 0 Å². The van der Waals surface area contributed by atoms with E-state index in [-0.39, 0.29) is 0 Å². The van der Waals surface area contributed by atoms with Crippen LogP contribution in [0.2, 0.25) is 5.02 Å². The molecule has 0 saturated carbocycles. The Morgan fingerprint density at radius 2 is 1.75 bits per heavy atom. The van der Waals surface area contributed by atoms with Gasteiger partial charge in [-0.2, -0.15) is 0 Å². The van der Waals surface area contributed by atoms with Crippen LogP contribution in [0.15, 0.2) is 42.5 Å². The van der Waals surface area contributed by atoms with E-state index in [0.29, 0.717) is 0 Å². The lowest BCUT2D eigenvalue weighted by Crippen LogP contribution is -1.94. The highest BCUT2D eigenvalue weighted by Crippen LogP contribution is 2.23. The average molecular weight is 233 g/mol. The number of anilines is 3. The van der Waals surface area contributed by atoms with E-state index in [1.807, 2.05) is 49.4 Å². The summed E-state index contributed by atoms with van der Waals surface area (Å²) in [6.45, 7) is 2.02. The lowest BCUT2D eigenvalue weighted by atomic mass is 10.1. The third-order valence-corrected chi connectivity index (χ3v) is 2.63. The van der Waals surface area contributed by atoms with Gasteiger partial charge in [-0.3, -0.25) is 0 Å². The standard InChI is InChI=1S/C13H13ClN2/c1-9-8-11(15)4-7-13(9)16-12-5-2-10(14)3-6-12/h2-8,16H,15H2,1H3. The molecule has 0 amide bonds. The average Bonchev–Trinajstić information content (AvgIpc) is 2.25. The van der Waals surface area contributed by atoms with Crippen molar-refractivity contribution >= 4 is 28.7 Å². The molecule has 82 valence electrons. The summed E-state index contributed by atoms with van der Waals surface area (Å²) in [5.74, 6) is 0. The monoisotopic (exact) mass is 232 g/mol. The maximum absolute atomic E-state index is 5.82. The molecular formula is C13H13ClN2. The Labute approximate surface area is 100 Å². The summed E-state index contributed by atoms with van der Waals surface area (Å²) in [4.78, 5) is 0. The fraction of sp³-hybridized carbons (Fsp3) is 0.0769. The fourth-order valence-corrected chi connectivity index (χ4v) is 1.64. The molecule has 0 aliphatic heterocycles. The number of aryl methyl sites for hydroxylation is 1. The lowest BCUT2D eigenvalue weighted by molar-refractivity contribution is 1.43. The van der Waals surface area contributed by atoms with Crippen LogP contribution in [0.5, 0.6) is 0 Å². The Kier molecular flexibility index (Phi) is 3.02. The number of halogens is 1. The van der Waals surface area contributed by atoms with Crippen LogP contribution in [0.4, 0.5) is 17.1 Å². The maximum atomic E-state index is 5.82. The Morgan fingerprint density at radius 3 is 2.38 bits per heavy atom. The molecular weight excluding hydrogens is 220 g/mol. The molecule has 2 rings (SSSR count). The predicted molar refractivity (Wildman–Crippen MR) is 70.3 cm³/mol. The van der Waals surface area contributed by atoms with E-state index >= 15 is 0 Å². The zero-order valence-electron chi connectivity index (χ0n) is 9.00. The molecule has 0 radical (unpaired) electrons. The van der Waals surface area contributed by atoms with E-state index in [1.54, 1.807) is 0 Å². The van der Waals surface area contributed by atoms with E-state index in [0.717, 1.165) is 27.6 Å². The van der Waals surface area contributed by atoms with Gasteiger partial charge in [0.05, 0.1) is 0 Å². The summed E-state index contributed by atoms with van der Waals surface area (Å²) < 4.78 is 0. The van der Waals surface area contributed by atoms with Gasteiger partial charge in [-0.1, -0.05) is 11.6 Å². The minimum Gasteiger partial charge on any atom is -0.399 e. The molecule has 0 aromatic heterocycles. The molecule has 0 saturated heterocycles. The third kappa shape index (κ3) is 2.47. The van der Waals surface area contributed by atoms with Gasteiger partial charge in [0.1, 0.15) is 0 Å². The molecule has 2 aromatic rings. The predicted octanol–water partition coefficient (Wildman–Crippen LogP) is 3.97. The van der Waals surface area contributed by atoms with E-state index in [1.165, 1.54) is 0 Å². The van der Waals surface area contributed by atoms with Crippen molar-refractivity contribution in [3.8, 4) is 0 Å². The normalized spacial score (nSPS) is 10.1. The molecule has 3 heteroatoms. The van der Waals surface area contributed by atoms with Gasteiger partial charge < -0.3 is 11.1 Å². The topological polar surface area (TPSA) is 38.0 Å². The van der Waals surface area contributed by atoms with Gasteiger partial charge >= 0.3 is 0 Å². The van der Waals surface area contributed by atoms with E-state index < -0.39 is 0 Å². The highest BCUT2D eigenvalue weighted by atomic mass is 35.5. The zero-order chi connectivity index (χ0) is 11.5. The third-order valence-electron chi connectivity index (χ3n) is 2.37. The Hall–Kier alpha value is -1.67. The first kappa shape index (κ1) is 10.8. The Balaban J connectivity index is 2.23. The Bertz CT molecular complexity index is 492. The second kappa shape index (κ2) is 4.45. The molecule has 16 heavy (non-hydrogen) atoms. The van der Waals surface area contributed by atoms with Crippen LogP contribution in [0, 0.1) is 6.92 Å². The smallest absolute Gasteiger partial charge is 0.0415 e. The SMILES string of the molecule is Cc1cc(N)ccc1Nc1ccc(Cl)cc1. The molecule has 2 nitrogen and oxygen atoms in total. The minimum atomic E-state index is 0.736. The van der Waals surface area contributed by atoms with Crippen molar-refractivity contribution in [1.82, 2.24) is 0 Å². The van der Waals surface area contributed by atoms with E-state index in [4.69, 9.17) is 17.3 Å². The van der Waals surface area contributed by atoms with Gasteiger partial charge in [0.25, 0.3) is 0 Å². The number of nitrogen functional groups attached to an aromatic ring is 1. The first-order chi connectivity index (χ1) is 7.65. The number of hydrogen-bond acceptors (Lipinski definition) is 2. The molecule has 0 unspecified atom stereocenters. The molecule has 3 N–H and O–H groups in total. The summed E-state index contributed by atoms with van der Waals surface area (Å²) in [5.41, 5.74) is 9.66. The van der Waals surface area contributed by atoms with Crippen LogP contribution in [0.3, 0.4) is 0 Å². The van der Waals surface area contributed by atoms with Crippen LogP contribution in [0.25, 0.3) is 0 Å². The summed E-state index contributed by atoms with van der Waals surface area (Å²) in [6, 6.07) is 13.4. The summed E-state index contributed by atoms with van der Waals surface area (Å²) in [6.07, 6.45) is 0. The van der Waals surface area contributed by atoms with Gasteiger partial charge in [-0.15, -0.1) is 0 Å². The van der Waals surface area contributed by atoms with Crippen LogP contribution < -0.4 is 11.1 Å². The second-order valence-electron chi connectivity index (χ2n) is 3.71. The quantitative estimate of drug-likeness (QED) is 0.769. The fourth-order valence-electron chi connectivity index (χ4n) is 1.52. The Morgan fingerprint density at radius 1 is 1.06 bits per heavy atom. The van der Waals surface area contributed by atoms with Crippen LogP contribution in [-0.4, -0.2) is 0 Å². The van der Waals surface area contributed by atoms with E-state index in [2.05, 4.69) is 5.32 Å². The van der Waals surface area contributed by atoms with Crippen molar-refractivity contribution < 1.29 is 0 Å². The molecule has 0 bridgehead atoms. The van der Waals surface area contributed by atoms with Crippen molar-refractivity contribution in [2.45, 2.75) is 6.92 Å². The molecule has 2 aromatic carbocycles. The summed E-state index contributed by atoms with van der Waals surface area (Å²) in [5, 5.41) is 4.05. The first-order valence-corrected chi connectivity index (χ1v) is 5.42. The lowest BCUT2D eigenvalue weighted by Gasteiger charge is -2.10. The largest absolute Gasteiger partial charge is 0.399 e. The second-order valence-corrected chi connectivity index (χ2v) is 4.14. The molecule has 0 aliphatic carbocycles. The van der Waals surface area contributed by atoms with Gasteiger partial charge in [-0.05, 0) is 55.0 Å². The van der Waals surface area contributed by atoms with E-state index in [9.17, 15) is 0 Å². The number of nitrogens with two attached hydrogens (primary N) is 1. The van der Waals surface area contributed by atoms with Crippen molar-refractivity contribution in [2.24, 2.45) is 0 Å². The van der Waals surface area contributed by atoms with Crippen LogP contribution in [-0.2, 0) is 0 Å². The maximum Gasteiger partial charge on any atom is 0.0415 e. The number of nitrogens with one attached hydrogen (secondary N) is 1. The highest BCUT2D eigenvalue weighted by Gasteiger charge is 1.99. The van der Waals surface area contributed by atoms with Gasteiger partial charge in [0.15, 0.2) is 0 Å². The molecule has 0 fully saturated rings.